The van der Waals surface area contributed by atoms with Crippen molar-refractivity contribution in [2.75, 3.05) is 6.54 Å². The van der Waals surface area contributed by atoms with Crippen LogP contribution in [0.3, 0.4) is 0 Å². The maximum absolute atomic E-state index is 13.3. The molecule has 9 atom stereocenters. The molecular weight excluding hydrogens is 576 g/mol. The van der Waals surface area contributed by atoms with Crippen LogP contribution >= 0.6 is 0 Å². The Bertz CT molecular complexity index is 1390. The van der Waals surface area contributed by atoms with Crippen LogP contribution in [0.2, 0.25) is 0 Å². The van der Waals surface area contributed by atoms with Gasteiger partial charge in [0, 0.05) is 21.3 Å². The number of aliphatic hydroxyl groups excluding tert-OH is 3. The number of amides is 1. The molecule has 2 aromatic carbocycles. The van der Waals surface area contributed by atoms with E-state index in [2.05, 4.69) is 30.1 Å². The minimum Gasteiger partial charge on any atom is -0.445 e. The van der Waals surface area contributed by atoms with E-state index in [9.17, 15) is 20.1 Å². The van der Waals surface area contributed by atoms with Crippen molar-refractivity contribution < 1.29 is 34.3 Å². The molecule has 4 rings (SSSR count). The van der Waals surface area contributed by atoms with E-state index in [-0.39, 0.29) is 26.1 Å². The topological polar surface area (TPSA) is 255 Å². The maximum atomic E-state index is 13.3. The first-order valence-corrected chi connectivity index (χ1v) is 13.8. The van der Waals surface area contributed by atoms with Crippen LogP contribution in [0.4, 0.5) is 4.79 Å². The Morgan fingerprint density at radius 1 is 0.841 bits per heavy atom. The third-order valence-corrected chi connectivity index (χ3v) is 7.46. The second kappa shape index (κ2) is 15.8. The zero-order chi connectivity index (χ0) is 31.5. The molecule has 0 bridgehead atoms. The van der Waals surface area contributed by atoms with Gasteiger partial charge in [-0.15, -0.1) is 0 Å². The average molecular weight is 609 g/mol. The Morgan fingerprint density at radius 2 is 1.45 bits per heavy atom. The van der Waals surface area contributed by atoms with Gasteiger partial charge in [-0.05, 0) is 40.6 Å². The average Bonchev–Trinajstić information content (AvgIpc) is 3.04. The molecule has 44 heavy (non-hydrogen) atoms. The largest absolute Gasteiger partial charge is 0.445 e. The summed E-state index contributed by atoms with van der Waals surface area (Å²) in [7, 11) is 0. The van der Waals surface area contributed by atoms with Crippen molar-refractivity contribution in [3.63, 3.8) is 0 Å². The van der Waals surface area contributed by atoms with E-state index in [1.807, 2.05) is 60.7 Å². The molecule has 2 aromatic rings. The maximum Gasteiger partial charge on any atom is 0.410 e. The van der Waals surface area contributed by atoms with Crippen LogP contribution in [-0.2, 0) is 27.4 Å². The first-order chi connectivity index (χ1) is 21.4. The van der Waals surface area contributed by atoms with Crippen LogP contribution in [0.5, 0.6) is 0 Å². The highest BCUT2D eigenvalue weighted by Gasteiger charge is 2.51. The SMILES string of the molecule is [N-]=[N+]=N[C@H]1[C@H](O)[C@H](O)[C@H](O[C@H]2O[C@H](CN(Cc3ccccc3)C(=O)OCc3ccccc3)CC[C@H]2N=[N+]=[N-])[C@@H](N=[N+]=[N-])[C@H]1O. The highest BCUT2D eigenvalue weighted by atomic mass is 16.7. The van der Waals surface area contributed by atoms with Crippen LogP contribution in [0, 0.1) is 0 Å². The van der Waals surface area contributed by atoms with E-state index in [0.29, 0.717) is 6.42 Å². The van der Waals surface area contributed by atoms with E-state index in [1.54, 1.807) is 0 Å². The van der Waals surface area contributed by atoms with Crippen LogP contribution in [0.25, 0.3) is 31.3 Å². The number of benzene rings is 2. The van der Waals surface area contributed by atoms with Gasteiger partial charge in [0.2, 0.25) is 0 Å². The molecule has 1 heterocycles. The standard InChI is InChI=1S/C27H32N10O7/c28-34-31-19-12-11-18(43-26(19)44-25-21(33-36-30)22(38)20(32-35-29)23(39)24(25)40)14-37(13-16-7-3-1-4-8-16)27(41)42-15-17-9-5-2-6-10-17/h1-10,18-26,38-40H,11-15H2/t18-,19+,20+,21-,22-,23-,24-,25+,26+/m0/s1. The number of azide groups is 3. The Morgan fingerprint density at radius 3 is 2.09 bits per heavy atom. The number of rotatable bonds is 11. The molecule has 0 spiro atoms. The summed E-state index contributed by atoms with van der Waals surface area (Å²) in [5, 5.41) is 42.6. The fourth-order valence-corrected chi connectivity index (χ4v) is 5.24. The van der Waals surface area contributed by atoms with Crippen LogP contribution in [0.15, 0.2) is 76.0 Å². The lowest BCUT2D eigenvalue weighted by atomic mass is 9.82. The predicted molar refractivity (Wildman–Crippen MR) is 153 cm³/mol. The molecule has 1 amide bonds. The van der Waals surface area contributed by atoms with Gasteiger partial charge in [-0.25, -0.2) is 4.79 Å². The van der Waals surface area contributed by atoms with E-state index in [1.165, 1.54) is 4.90 Å². The quantitative estimate of drug-likeness (QED) is 0.193. The summed E-state index contributed by atoms with van der Waals surface area (Å²) >= 11 is 0. The third kappa shape index (κ3) is 8.08. The van der Waals surface area contributed by atoms with Crippen molar-refractivity contribution in [2.45, 2.75) is 80.9 Å². The number of nitrogens with zero attached hydrogens (tertiary/aromatic N) is 10. The second-order valence-corrected chi connectivity index (χ2v) is 10.3. The smallest absolute Gasteiger partial charge is 0.410 e. The molecule has 1 aliphatic carbocycles. The third-order valence-electron chi connectivity index (χ3n) is 7.46. The van der Waals surface area contributed by atoms with Crippen LogP contribution in [0.1, 0.15) is 24.0 Å². The van der Waals surface area contributed by atoms with Gasteiger partial charge < -0.3 is 34.4 Å². The van der Waals surface area contributed by atoms with Gasteiger partial charge in [-0.3, -0.25) is 0 Å². The molecule has 17 nitrogen and oxygen atoms in total. The van der Waals surface area contributed by atoms with Gasteiger partial charge in [0.25, 0.3) is 0 Å². The Kier molecular flexibility index (Phi) is 11.6. The molecule has 1 saturated heterocycles. The fourth-order valence-electron chi connectivity index (χ4n) is 5.24. The van der Waals surface area contributed by atoms with Gasteiger partial charge >= 0.3 is 6.09 Å². The van der Waals surface area contributed by atoms with E-state index < -0.39 is 61.0 Å². The minimum atomic E-state index is -1.78. The number of ether oxygens (including phenoxy) is 3. The highest BCUT2D eigenvalue weighted by molar-refractivity contribution is 5.67. The number of hydrogen-bond acceptors (Lipinski definition) is 10. The second-order valence-electron chi connectivity index (χ2n) is 10.3. The van der Waals surface area contributed by atoms with Gasteiger partial charge in [0.15, 0.2) is 6.29 Å². The number of carbonyl (C=O) groups is 1. The molecule has 2 aliphatic rings. The molecule has 1 aliphatic heterocycles. The van der Waals surface area contributed by atoms with E-state index in [0.717, 1.165) is 11.1 Å². The van der Waals surface area contributed by atoms with Crippen molar-refractivity contribution >= 4 is 6.09 Å². The van der Waals surface area contributed by atoms with E-state index in [4.69, 9.17) is 30.8 Å². The highest BCUT2D eigenvalue weighted by Crippen LogP contribution is 2.33. The van der Waals surface area contributed by atoms with Crippen molar-refractivity contribution in [3.05, 3.63) is 103 Å². The summed E-state index contributed by atoms with van der Waals surface area (Å²) in [6.45, 7) is 0.324. The van der Waals surface area contributed by atoms with Gasteiger partial charge in [-0.1, -0.05) is 76.0 Å². The van der Waals surface area contributed by atoms with Crippen molar-refractivity contribution in [1.29, 1.82) is 0 Å². The molecule has 0 unspecified atom stereocenters. The van der Waals surface area contributed by atoms with Crippen molar-refractivity contribution in [1.82, 2.24) is 4.90 Å². The lowest BCUT2D eigenvalue weighted by Gasteiger charge is -2.45. The summed E-state index contributed by atoms with van der Waals surface area (Å²) in [5.41, 5.74) is 28.7. The molecule has 232 valence electrons. The lowest BCUT2D eigenvalue weighted by Crippen LogP contribution is -2.64. The Labute approximate surface area is 251 Å². The predicted octanol–water partition coefficient (Wildman–Crippen LogP) is 3.85. The van der Waals surface area contributed by atoms with Crippen molar-refractivity contribution in [3.8, 4) is 0 Å². The number of hydrogen-bond donors (Lipinski definition) is 3. The first kappa shape index (κ1) is 32.4. The van der Waals surface area contributed by atoms with Crippen molar-refractivity contribution in [2.24, 2.45) is 15.3 Å². The normalized spacial score (nSPS) is 29.7. The molecule has 2 fully saturated rings. The lowest BCUT2D eigenvalue weighted by molar-refractivity contribution is -0.262. The summed E-state index contributed by atoms with van der Waals surface area (Å²) in [6, 6.07) is 14.6. The zero-order valence-corrected chi connectivity index (χ0v) is 23.5. The van der Waals surface area contributed by atoms with Gasteiger partial charge in [0.05, 0.1) is 43.0 Å². The summed E-state index contributed by atoms with van der Waals surface area (Å²) in [5.74, 6) is 0. The first-order valence-electron chi connectivity index (χ1n) is 13.8. The van der Waals surface area contributed by atoms with Gasteiger partial charge in [0.1, 0.15) is 18.8 Å². The Hall–Kier alpha value is -4.56. The fraction of sp³-hybridized carbons (Fsp3) is 0.519. The molecule has 0 aromatic heterocycles. The molecule has 0 radical (unpaired) electrons. The summed E-state index contributed by atoms with van der Waals surface area (Å²) < 4.78 is 17.7. The van der Waals surface area contributed by atoms with E-state index >= 15 is 0 Å². The molecule has 17 heteroatoms. The molecular formula is C27H32N10O7. The minimum absolute atomic E-state index is 0.0581. The zero-order valence-electron chi connectivity index (χ0n) is 23.5. The number of aliphatic hydroxyl groups is 3. The Balaban J connectivity index is 1.53. The number of carbonyl (C=O) groups excluding carboxylic acids is 1. The molecule has 1 saturated carbocycles. The van der Waals surface area contributed by atoms with Crippen LogP contribution < -0.4 is 0 Å². The summed E-state index contributed by atoms with van der Waals surface area (Å²) in [4.78, 5) is 22.8. The summed E-state index contributed by atoms with van der Waals surface area (Å²) in [6.07, 6.45) is -8.72. The van der Waals surface area contributed by atoms with Crippen LogP contribution in [-0.4, -0.2) is 87.8 Å². The molecule has 3 N–H and O–H groups in total. The monoisotopic (exact) mass is 608 g/mol. The van der Waals surface area contributed by atoms with Gasteiger partial charge in [-0.2, -0.15) is 0 Å².